The summed E-state index contributed by atoms with van der Waals surface area (Å²) >= 11 is 0. The van der Waals surface area contributed by atoms with E-state index in [1.807, 2.05) is 24.3 Å². The van der Waals surface area contributed by atoms with Crippen LogP contribution < -0.4 is 9.47 Å². The second-order valence-electron chi connectivity index (χ2n) is 7.29. The van der Waals surface area contributed by atoms with Gasteiger partial charge in [-0.1, -0.05) is 5.16 Å². The third kappa shape index (κ3) is 3.65. The van der Waals surface area contributed by atoms with E-state index in [2.05, 4.69) is 15.1 Å². The highest BCUT2D eigenvalue weighted by Crippen LogP contribution is 2.39. The first-order chi connectivity index (χ1) is 14.2. The van der Waals surface area contributed by atoms with Crippen LogP contribution in [0, 0.1) is 0 Å². The molecular weight excluding hydrogens is 372 g/mol. The lowest BCUT2D eigenvalue weighted by Gasteiger charge is -2.39. The molecule has 0 N–H and O–H groups in total. The predicted molar refractivity (Wildman–Crippen MR) is 103 cm³/mol. The van der Waals surface area contributed by atoms with Crippen molar-refractivity contribution in [3.63, 3.8) is 0 Å². The van der Waals surface area contributed by atoms with Crippen LogP contribution in [0.3, 0.4) is 0 Å². The van der Waals surface area contributed by atoms with Crippen LogP contribution in [0.5, 0.6) is 11.6 Å². The van der Waals surface area contributed by atoms with Crippen molar-refractivity contribution in [3.05, 3.63) is 54.0 Å². The molecule has 8 heteroatoms. The smallest absolute Gasteiger partial charge is 0.255 e. The van der Waals surface area contributed by atoms with Crippen molar-refractivity contribution in [1.29, 1.82) is 0 Å². The van der Waals surface area contributed by atoms with Gasteiger partial charge in [0.1, 0.15) is 11.9 Å². The highest BCUT2D eigenvalue weighted by molar-refractivity contribution is 5.94. The summed E-state index contributed by atoms with van der Waals surface area (Å²) in [6.07, 6.45) is 3.76. The van der Waals surface area contributed by atoms with E-state index in [1.165, 1.54) is 6.20 Å². The number of pyridine rings is 1. The lowest BCUT2D eigenvalue weighted by atomic mass is 10.1. The monoisotopic (exact) mass is 392 g/mol. The quantitative estimate of drug-likeness (QED) is 0.637. The number of rotatable bonds is 6. The van der Waals surface area contributed by atoms with Gasteiger partial charge in [0.15, 0.2) is 0 Å². The Balaban J connectivity index is 1.15. The Morgan fingerprint density at radius 2 is 1.93 bits per heavy atom. The molecule has 2 aromatic heterocycles. The predicted octanol–water partition coefficient (Wildman–Crippen LogP) is 2.92. The lowest BCUT2D eigenvalue weighted by Crippen LogP contribution is -2.56. The van der Waals surface area contributed by atoms with E-state index in [0.717, 1.165) is 30.0 Å². The molecule has 0 spiro atoms. The van der Waals surface area contributed by atoms with Gasteiger partial charge in [0.25, 0.3) is 5.91 Å². The average molecular weight is 392 g/mol. The summed E-state index contributed by atoms with van der Waals surface area (Å²) in [6, 6.07) is 11.0. The van der Waals surface area contributed by atoms with Gasteiger partial charge in [0.2, 0.25) is 17.6 Å². The highest BCUT2D eigenvalue weighted by atomic mass is 16.5. The molecule has 0 unspecified atom stereocenters. The van der Waals surface area contributed by atoms with Crippen LogP contribution >= 0.6 is 0 Å². The topological polar surface area (TPSA) is 90.6 Å². The molecular formula is C21H20N4O4. The second-order valence-corrected chi connectivity index (χ2v) is 7.29. The van der Waals surface area contributed by atoms with E-state index in [-0.39, 0.29) is 12.0 Å². The first-order valence-corrected chi connectivity index (χ1v) is 9.59. The van der Waals surface area contributed by atoms with Gasteiger partial charge < -0.3 is 18.9 Å². The number of hydrogen-bond acceptors (Lipinski definition) is 7. The molecule has 1 amide bonds. The van der Waals surface area contributed by atoms with Gasteiger partial charge in [-0.3, -0.25) is 4.79 Å². The van der Waals surface area contributed by atoms with E-state index in [0.29, 0.717) is 36.3 Å². The first kappa shape index (κ1) is 17.7. The minimum atomic E-state index is -0.0566. The van der Waals surface area contributed by atoms with Crippen LogP contribution in [0.2, 0.25) is 0 Å². The summed E-state index contributed by atoms with van der Waals surface area (Å²) in [5, 5.41) is 4.05. The number of amides is 1. The number of likely N-dealkylation sites (tertiary alicyclic amines) is 1. The summed E-state index contributed by atoms with van der Waals surface area (Å²) in [4.78, 5) is 22.7. The number of carbonyl (C=O) groups is 1. The fraction of sp³-hybridized carbons (Fsp3) is 0.333. The van der Waals surface area contributed by atoms with Gasteiger partial charge in [0.05, 0.1) is 25.8 Å². The van der Waals surface area contributed by atoms with Crippen LogP contribution in [0.1, 0.15) is 35.0 Å². The van der Waals surface area contributed by atoms with Gasteiger partial charge in [-0.2, -0.15) is 4.98 Å². The Labute approximate surface area is 167 Å². The summed E-state index contributed by atoms with van der Waals surface area (Å²) in [5.41, 5.74) is 1.43. The largest absolute Gasteiger partial charge is 0.487 e. The van der Waals surface area contributed by atoms with Crippen LogP contribution in [0.4, 0.5) is 0 Å². The molecule has 0 radical (unpaired) electrons. The maximum atomic E-state index is 12.4. The number of hydrogen-bond donors (Lipinski definition) is 0. The molecule has 0 atom stereocenters. The Hall–Kier alpha value is -3.42. The van der Waals surface area contributed by atoms with E-state index in [9.17, 15) is 4.79 Å². The molecule has 2 fully saturated rings. The van der Waals surface area contributed by atoms with Gasteiger partial charge in [-0.05, 0) is 43.2 Å². The number of benzene rings is 1. The second kappa shape index (κ2) is 7.20. The third-order valence-corrected chi connectivity index (χ3v) is 5.11. The first-order valence-electron chi connectivity index (χ1n) is 9.59. The zero-order chi connectivity index (χ0) is 19.8. The van der Waals surface area contributed by atoms with Gasteiger partial charge >= 0.3 is 0 Å². The van der Waals surface area contributed by atoms with Crippen molar-refractivity contribution in [2.75, 3.05) is 20.2 Å². The van der Waals surface area contributed by atoms with Crippen molar-refractivity contribution in [1.82, 2.24) is 20.0 Å². The molecule has 148 valence electrons. The Morgan fingerprint density at radius 3 is 2.59 bits per heavy atom. The van der Waals surface area contributed by atoms with E-state index in [1.54, 1.807) is 24.1 Å². The van der Waals surface area contributed by atoms with Gasteiger partial charge in [-0.25, -0.2) is 4.98 Å². The van der Waals surface area contributed by atoms with E-state index < -0.39 is 0 Å². The Bertz CT molecular complexity index is 1010. The molecule has 1 saturated carbocycles. The summed E-state index contributed by atoms with van der Waals surface area (Å²) in [7, 11) is 1.54. The van der Waals surface area contributed by atoms with Crippen molar-refractivity contribution in [3.8, 4) is 23.0 Å². The molecule has 29 heavy (non-hydrogen) atoms. The van der Waals surface area contributed by atoms with Gasteiger partial charge in [0, 0.05) is 23.7 Å². The molecule has 5 rings (SSSR count). The fourth-order valence-electron chi connectivity index (χ4n) is 3.21. The SMILES string of the molecule is COc1ccc(C(=O)N2CC(Oc3ccc(-c4noc(C5CC5)n4)cc3)C2)cn1. The normalized spacial score (nSPS) is 16.4. The molecule has 1 aliphatic heterocycles. The highest BCUT2D eigenvalue weighted by Gasteiger charge is 2.33. The number of aromatic nitrogens is 3. The van der Waals surface area contributed by atoms with E-state index >= 15 is 0 Å². The molecule has 0 bridgehead atoms. The van der Waals surface area contributed by atoms with Crippen molar-refractivity contribution >= 4 is 5.91 Å². The van der Waals surface area contributed by atoms with Crippen LogP contribution in [0.25, 0.3) is 11.4 Å². The summed E-state index contributed by atoms with van der Waals surface area (Å²) in [6.45, 7) is 1.09. The molecule has 1 saturated heterocycles. The van der Waals surface area contributed by atoms with Crippen LogP contribution in [-0.2, 0) is 0 Å². The van der Waals surface area contributed by atoms with Crippen LogP contribution in [0.15, 0.2) is 47.1 Å². The molecule has 1 aliphatic carbocycles. The maximum absolute atomic E-state index is 12.4. The lowest BCUT2D eigenvalue weighted by molar-refractivity contribution is 0.0177. The molecule has 3 aromatic rings. The number of ether oxygens (including phenoxy) is 2. The molecule has 1 aromatic carbocycles. The van der Waals surface area contributed by atoms with Crippen molar-refractivity contribution in [2.24, 2.45) is 0 Å². The standard InChI is InChI=1S/C21H20N4O4/c1-27-18-9-6-15(10-22-18)21(26)25-11-17(12-25)28-16-7-4-13(5-8-16)19-23-20(29-24-19)14-2-3-14/h4-10,14,17H,2-3,11-12H2,1H3. The summed E-state index contributed by atoms with van der Waals surface area (Å²) < 4.78 is 16.3. The van der Waals surface area contributed by atoms with Crippen LogP contribution in [-0.4, -0.2) is 52.2 Å². The van der Waals surface area contributed by atoms with Crippen molar-refractivity contribution < 1.29 is 18.8 Å². The van der Waals surface area contributed by atoms with E-state index in [4.69, 9.17) is 14.0 Å². The Morgan fingerprint density at radius 1 is 1.14 bits per heavy atom. The number of carbonyl (C=O) groups excluding carboxylic acids is 1. The van der Waals surface area contributed by atoms with Gasteiger partial charge in [-0.15, -0.1) is 0 Å². The molecule has 3 heterocycles. The minimum Gasteiger partial charge on any atom is -0.487 e. The minimum absolute atomic E-state index is 0.0253. The fourth-order valence-corrected chi connectivity index (χ4v) is 3.21. The van der Waals surface area contributed by atoms with Crippen molar-refractivity contribution in [2.45, 2.75) is 24.9 Å². The summed E-state index contributed by atoms with van der Waals surface area (Å²) in [5.74, 6) is 2.96. The third-order valence-electron chi connectivity index (χ3n) is 5.11. The average Bonchev–Trinajstić information content (AvgIpc) is 3.47. The zero-order valence-electron chi connectivity index (χ0n) is 15.9. The zero-order valence-corrected chi connectivity index (χ0v) is 15.9. The number of nitrogens with zero attached hydrogens (tertiary/aromatic N) is 4. The molecule has 2 aliphatic rings. The maximum Gasteiger partial charge on any atom is 0.255 e. The number of methoxy groups -OCH3 is 1. The molecule has 8 nitrogen and oxygen atoms in total. The Kier molecular flexibility index (Phi) is 4.38.